The topological polar surface area (TPSA) is 57.6 Å². The molecule has 1 aromatic rings. The number of nitrogens with zero attached hydrogens (tertiary/aromatic N) is 1. The molecule has 0 bridgehead atoms. The highest BCUT2D eigenvalue weighted by Gasteiger charge is 2.22. The van der Waals surface area contributed by atoms with E-state index in [0.717, 1.165) is 0 Å². The largest absolute Gasteiger partial charge is 0.394 e. The number of anilines is 1. The molecule has 0 radical (unpaired) electrons. The van der Waals surface area contributed by atoms with Crippen molar-refractivity contribution in [3.63, 3.8) is 0 Å². The van der Waals surface area contributed by atoms with Gasteiger partial charge in [0.2, 0.25) is 10.0 Å². The smallest absolute Gasteiger partial charge is 0.235 e. The summed E-state index contributed by atoms with van der Waals surface area (Å²) in [7, 11) is -3.36. The van der Waals surface area contributed by atoms with Crippen molar-refractivity contribution in [3.8, 4) is 0 Å². The van der Waals surface area contributed by atoms with E-state index in [4.69, 9.17) is 5.11 Å². The van der Waals surface area contributed by atoms with Crippen LogP contribution in [0.15, 0.2) is 30.3 Å². The van der Waals surface area contributed by atoms with Gasteiger partial charge in [0.25, 0.3) is 0 Å². The Balaban J connectivity index is 3.01. The van der Waals surface area contributed by atoms with Crippen molar-refractivity contribution in [1.82, 2.24) is 0 Å². The van der Waals surface area contributed by atoms with Crippen LogP contribution in [0.25, 0.3) is 0 Å². The second kappa shape index (κ2) is 6.02. The number of rotatable bonds is 6. The van der Waals surface area contributed by atoms with Crippen molar-refractivity contribution >= 4 is 15.7 Å². The minimum Gasteiger partial charge on any atom is -0.394 e. The molecule has 0 spiro atoms. The number of aliphatic hydroxyl groups is 1. The first-order valence-electron chi connectivity index (χ1n) is 5.63. The van der Waals surface area contributed by atoms with Gasteiger partial charge in [-0.3, -0.25) is 4.31 Å². The fourth-order valence-corrected chi connectivity index (χ4v) is 3.45. The monoisotopic (exact) mass is 257 g/mol. The maximum absolute atomic E-state index is 12.1. The molecule has 1 N–H and O–H groups in total. The zero-order valence-electron chi connectivity index (χ0n) is 10.2. The van der Waals surface area contributed by atoms with E-state index in [1.54, 1.807) is 24.3 Å². The van der Waals surface area contributed by atoms with Crippen LogP contribution in [0, 0.1) is 5.92 Å². The van der Waals surface area contributed by atoms with Gasteiger partial charge < -0.3 is 5.11 Å². The summed E-state index contributed by atoms with van der Waals surface area (Å²) in [6.07, 6.45) is 0. The Labute approximate surface area is 103 Å². The third-order valence-corrected chi connectivity index (χ3v) is 4.38. The van der Waals surface area contributed by atoms with Crippen LogP contribution in [0.2, 0.25) is 0 Å². The molecule has 5 heteroatoms. The number of sulfonamides is 1. The van der Waals surface area contributed by atoms with Gasteiger partial charge in [0.15, 0.2) is 0 Å². The Morgan fingerprint density at radius 1 is 1.24 bits per heavy atom. The zero-order valence-corrected chi connectivity index (χ0v) is 11.0. The Bertz CT molecular complexity index is 428. The SMILES string of the molecule is CC(C)CS(=O)(=O)N(CCO)c1ccccc1. The second-order valence-corrected chi connectivity index (χ2v) is 6.24. The zero-order chi connectivity index (χ0) is 12.9. The summed E-state index contributed by atoms with van der Waals surface area (Å²) < 4.78 is 25.6. The first kappa shape index (κ1) is 14.0. The molecule has 0 atom stereocenters. The van der Waals surface area contributed by atoms with Gasteiger partial charge in [-0.1, -0.05) is 32.0 Å². The van der Waals surface area contributed by atoms with E-state index in [1.807, 2.05) is 19.9 Å². The number of hydrogen-bond acceptors (Lipinski definition) is 3. The molecule has 0 saturated heterocycles. The molecule has 0 unspecified atom stereocenters. The summed E-state index contributed by atoms with van der Waals surface area (Å²) in [5.74, 6) is 0.145. The van der Waals surface area contributed by atoms with Gasteiger partial charge >= 0.3 is 0 Å². The molecular weight excluding hydrogens is 238 g/mol. The average Bonchev–Trinajstić information content (AvgIpc) is 2.25. The van der Waals surface area contributed by atoms with Crippen LogP contribution >= 0.6 is 0 Å². The molecule has 0 fully saturated rings. The maximum atomic E-state index is 12.1. The van der Waals surface area contributed by atoms with Gasteiger partial charge in [-0.05, 0) is 18.1 Å². The van der Waals surface area contributed by atoms with Crippen LogP contribution in [0.1, 0.15) is 13.8 Å². The first-order valence-corrected chi connectivity index (χ1v) is 7.24. The molecular formula is C12H19NO3S. The fraction of sp³-hybridized carbons (Fsp3) is 0.500. The van der Waals surface area contributed by atoms with Gasteiger partial charge in [0, 0.05) is 0 Å². The Hall–Kier alpha value is -1.07. The molecule has 17 heavy (non-hydrogen) atoms. The van der Waals surface area contributed by atoms with E-state index in [2.05, 4.69) is 0 Å². The lowest BCUT2D eigenvalue weighted by atomic mass is 10.3. The van der Waals surface area contributed by atoms with Crippen molar-refractivity contribution in [3.05, 3.63) is 30.3 Å². The molecule has 0 aliphatic carbocycles. The summed E-state index contributed by atoms with van der Waals surface area (Å²) in [5.41, 5.74) is 0.599. The molecule has 0 aromatic heterocycles. The van der Waals surface area contributed by atoms with Crippen LogP contribution in [-0.2, 0) is 10.0 Å². The number of benzene rings is 1. The van der Waals surface area contributed by atoms with Crippen molar-refractivity contribution in [1.29, 1.82) is 0 Å². The summed E-state index contributed by atoms with van der Waals surface area (Å²) >= 11 is 0. The van der Waals surface area contributed by atoms with Crippen LogP contribution in [0.4, 0.5) is 5.69 Å². The maximum Gasteiger partial charge on any atom is 0.235 e. The van der Waals surface area contributed by atoms with E-state index in [1.165, 1.54) is 4.31 Å². The van der Waals surface area contributed by atoms with Gasteiger partial charge in [-0.2, -0.15) is 0 Å². The fourth-order valence-electron chi connectivity index (χ4n) is 1.63. The summed E-state index contributed by atoms with van der Waals surface area (Å²) in [5, 5.41) is 8.99. The molecule has 0 aliphatic rings. The minimum absolute atomic E-state index is 0.0601. The highest BCUT2D eigenvalue weighted by molar-refractivity contribution is 7.92. The highest BCUT2D eigenvalue weighted by Crippen LogP contribution is 2.18. The van der Waals surface area contributed by atoms with E-state index in [9.17, 15) is 8.42 Å². The van der Waals surface area contributed by atoms with Crippen LogP contribution in [-0.4, -0.2) is 32.4 Å². The van der Waals surface area contributed by atoms with Crippen LogP contribution in [0.5, 0.6) is 0 Å². The lowest BCUT2D eigenvalue weighted by Crippen LogP contribution is -2.36. The molecule has 1 rings (SSSR count). The second-order valence-electron chi connectivity index (χ2n) is 4.30. The van der Waals surface area contributed by atoms with E-state index < -0.39 is 10.0 Å². The highest BCUT2D eigenvalue weighted by atomic mass is 32.2. The van der Waals surface area contributed by atoms with E-state index in [-0.39, 0.29) is 24.8 Å². The van der Waals surface area contributed by atoms with Crippen molar-refractivity contribution < 1.29 is 13.5 Å². The average molecular weight is 257 g/mol. The summed E-state index contributed by atoms with van der Waals surface area (Å²) in [4.78, 5) is 0. The Morgan fingerprint density at radius 3 is 2.29 bits per heavy atom. The normalized spacial score (nSPS) is 11.8. The van der Waals surface area contributed by atoms with E-state index in [0.29, 0.717) is 5.69 Å². The van der Waals surface area contributed by atoms with Crippen LogP contribution < -0.4 is 4.31 Å². The Morgan fingerprint density at radius 2 is 1.82 bits per heavy atom. The van der Waals surface area contributed by atoms with Crippen molar-refractivity contribution in [2.75, 3.05) is 23.2 Å². The van der Waals surface area contributed by atoms with Crippen LogP contribution in [0.3, 0.4) is 0 Å². The number of aliphatic hydroxyl groups excluding tert-OH is 1. The van der Waals surface area contributed by atoms with Crippen molar-refractivity contribution in [2.24, 2.45) is 5.92 Å². The molecule has 96 valence electrons. The molecule has 1 aromatic carbocycles. The lowest BCUT2D eigenvalue weighted by Gasteiger charge is -2.24. The van der Waals surface area contributed by atoms with Gasteiger partial charge in [-0.15, -0.1) is 0 Å². The third-order valence-electron chi connectivity index (χ3n) is 2.23. The summed E-state index contributed by atoms with van der Waals surface area (Å²) in [6, 6.07) is 8.85. The van der Waals surface area contributed by atoms with Gasteiger partial charge in [-0.25, -0.2) is 8.42 Å². The first-order chi connectivity index (χ1) is 7.97. The number of para-hydroxylation sites is 1. The molecule has 0 saturated carbocycles. The van der Waals surface area contributed by atoms with Gasteiger partial charge in [0.1, 0.15) is 0 Å². The molecule has 0 amide bonds. The van der Waals surface area contributed by atoms with Gasteiger partial charge in [0.05, 0.1) is 24.6 Å². The predicted octanol–water partition coefficient (Wildman–Crippen LogP) is 1.47. The molecule has 0 aliphatic heterocycles. The molecule has 0 heterocycles. The standard InChI is InChI=1S/C12H19NO3S/c1-11(2)10-17(15,16)13(8-9-14)12-6-4-3-5-7-12/h3-7,11,14H,8-10H2,1-2H3. The predicted molar refractivity (Wildman–Crippen MR) is 69.5 cm³/mol. The minimum atomic E-state index is -3.36. The molecule has 4 nitrogen and oxygen atoms in total. The quantitative estimate of drug-likeness (QED) is 0.839. The van der Waals surface area contributed by atoms with Crippen molar-refractivity contribution in [2.45, 2.75) is 13.8 Å². The summed E-state index contributed by atoms with van der Waals surface area (Å²) in [6.45, 7) is 3.63. The van der Waals surface area contributed by atoms with E-state index >= 15 is 0 Å². The lowest BCUT2D eigenvalue weighted by molar-refractivity contribution is 0.306. The third kappa shape index (κ3) is 4.02. The Kier molecular flexibility index (Phi) is 4.96. The number of hydrogen-bond donors (Lipinski definition) is 1.